The van der Waals surface area contributed by atoms with Gasteiger partial charge in [-0.3, -0.25) is 0 Å². The maximum absolute atomic E-state index is 11.4. The van der Waals surface area contributed by atoms with E-state index in [9.17, 15) is 9.90 Å². The Bertz CT molecular complexity index is 955. The lowest BCUT2D eigenvalue weighted by atomic mass is 9.76. The van der Waals surface area contributed by atoms with Gasteiger partial charge in [0.25, 0.3) is 0 Å². The summed E-state index contributed by atoms with van der Waals surface area (Å²) in [5.74, 6) is 0.979. The van der Waals surface area contributed by atoms with Crippen LogP contribution >= 0.6 is 11.6 Å². The number of carboxylic acid groups (broad SMARTS) is 1. The van der Waals surface area contributed by atoms with E-state index in [4.69, 9.17) is 21.1 Å². The standard InChI is InChI=1S/C20H16ClNO4/c21-15-7-11(20(23)24)6-14-12-2-1-3-13(12)18(22-19(14)15)10-4-5-16-17(8-10)26-9-25-16/h1-2,4-8,12-13,18,22H,3,9H2,(H,23,24)/t12-,13-,18+/m1/s1. The molecule has 5 nitrogen and oxygen atoms in total. The second-order valence-corrected chi connectivity index (χ2v) is 7.22. The quantitative estimate of drug-likeness (QED) is 0.757. The van der Waals surface area contributed by atoms with Crippen molar-refractivity contribution in [1.29, 1.82) is 0 Å². The smallest absolute Gasteiger partial charge is 0.335 e. The first-order valence-corrected chi connectivity index (χ1v) is 8.89. The van der Waals surface area contributed by atoms with Gasteiger partial charge in [-0.15, -0.1) is 0 Å². The Morgan fingerprint density at radius 1 is 1.19 bits per heavy atom. The van der Waals surface area contributed by atoms with Crippen LogP contribution in [0, 0.1) is 5.92 Å². The molecule has 5 rings (SSSR count). The minimum absolute atomic E-state index is 0.0604. The maximum Gasteiger partial charge on any atom is 0.335 e. The normalized spacial score (nSPS) is 24.7. The number of benzene rings is 2. The summed E-state index contributed by atoms with van der Waals surface area (Å²) in [7, 11) is 0. The predicted molar refractivity (Wildman–Crippen MR) is 97.3 cm³/mol. The molecule has 0 aromatic heterocycles. The molecule has 1 aliphatic carbocycles. The summed E-state index contributed by atoms with van der Waals surface area (Å²) in [6.45, 7) is 0.247. The third kappa shape index (κ3) is 2.27. The number of rotatable bonds is 2. The Labute approximate surface area is 155 Å². The Kier molecular flexibility index (Phi) is 3.40. The number of hydrogen-bond donors (Lipinski definition) is 2. The van der Waals surface area contributed by atoms with Crippen LogP contribution in [0.4, 0.5) is 5.69 Å². The summed E-state index contributed by atoms with van der Waals surface area (Å²) in [6, 6.07) is 9.29. The van der Waals surface area contributed by atoms with E-state index in [-0.39, 0.29) is 24.3 Å². The van der Waals surface area contributed by atoms with Crippen LogP contribution in [-0.4, -0.2) is 17.9 Å². The third-order valence-corrected chi connectivity index (χ3v) is 5.72. The molecule has 0 bridgehead atoms. The molecule has 26 heavy (non-hydrogen) atoms. The van der Waals surface area contributed by atoms with Crippen molar-refractivity contribution in [2.24, 2.45) is 5.92 Å². The molecule has 3 atom stereocenters. The number of halogens is 1. The van der Waals surface area contributed by atoms with Crippen LogP contribution in [0.2, 0.25) is 5.02 Å². The summed E-state index contributed by atoms with van der Waals surface area (Å²) in [4.78, 5) is 11.4. The average Bonchev–Trinajstić information content (AvgIpc) is 3.29. The lowest BCUT2D eigenvalue weighted by Gasteiger charge is -2.38. The van der Waals surface area contributed by atoms with Gasteiger partial charge < -0.3 is 19.9 Å². The number of anilines is 1. The van der Waals surface area contributed by atoms with Crippen LogP contribution in [0.5, 0.6) is 11.5 Å². The van der Waals surface area contributed by atoms with Gasteiger partial charge in [-0.05, 0) is 47.7 Å². The van der Waals surface area contributed by atoms with Gasteiger partial charge >= 0.3 is 5.97 Å². The zero-order chi connectivity index (χ0) is 17.8. The number of carbonyl (C=O) groups is 1. The van der Waals surface area contributed by atoms with Gasteiger partial charge in [0.05, 0.1) is 22.3 Å². The van der Waals surface area contributed by atoms with Crippen LogP contribution in [0.25, 0.3) is 0 Å². The number of aromatic carboxylic acids is 1. The highest BCUT2D eigenvalue weighted by Gasteiger charge is 2.39. The number of carboxylic acids is 1. The number of fused-ring (bicyclic) bond motifs is 4. The first-order chi connectivity index (χ1) is 12.6. The monoisotopic (exact) mass is 369 g/mol. The van der Waals surface area contributed by atoms with Crippen molar-refractivity contribution in [1.82, 2.24) is 0 Å². The van der Waals surface area contributed by atoms with Crippen LogP contribution < -0.4 is 14.8 Å². The van der Waals surface area contributed by atoms with E-state index in [1.165, 1.54) is 6.07 Å². The molecule has 2 heterocycles. The third-order valence-electron chi connectivity index (χ3n) is 5.42. The van der Waals surface area contributed by atoms with Gasteiger partial charge in [-0.25, -0.2) is 4.79 Å². The van der Waals surface area contributed by atoms with Crippen molar-refractivity contribution < 1.29 is 19.4 Å². The van der Waals surface area contributed by atoms with E-state index in [2.05, 4.69) is 17.5 Å². The molecule has 132 valence electrons. The van der Waals surface area contributed by atoms with Crippen molar-refractivity contribution in [2.75, 3.05) is 12.1 Å². The number of ether oxygens (including phenoxy) is 2. The molecule has 0 fully saturated rings. The molecule has 0 saturated heterocycles. The van der Waals surface area contributed by atoms with E-state index in [1.807, 2.05) is 18.2 Å². The van der Waals surface area contributed by atoms with E-state index >= 15 is 0 Å². The Morgan fingerprint density at radius 2 is 2.04 bits per heavy atom. The summed E-state index contributed by atoms with van der Waals surface area (Å²) < 4.78 is 10.9. The highest BCUT2D eigenvalue weighted by molar-refractivity contribution is 6.33. The number of allylic oxidation sites excluding steroid dienone is 2. The first kappa shape index (κ1) is 15.6. The second-order valence-electron chi connectivity index (χ2n) is 6.82. The minimum atomic E-state index is -0.967. The summed E-state index contributed by atoms with van der Waals surface area (Å²) in [5.41, 5.74) is 3.09. The molecule has 6 heteroatoms. The summed E-state index contributed by atoms with van der Waals surface area (Å²) in [5, 5.41) is 13.3. The fraction of sp³-hybridized carbons (Fsp3) is 0.250. The van der Waals surface area contributed by atoms with E-state index in [0.29, 0.717) is 10.9 Å². The van der Waals surface area contributed by atoms with Gasteiger partial charge in [0.15, 0.2) is 11.5 Å². The van der Waals surface area contributed by atoms with E-state index in [0.717, 1.165) is 34.7 Å². The molecule has 2 N–H and O–H groups in total. The largest absolute Gasteiger partial charge is 0.478 e. The topological polar surface area (TPSA) is 67.8 Å². The molecular weight excluding hydrogens is 354 g/mol. The highest BCUT2D eigenvalue weighted by Crippen LogP contribution is 2.52. The molecule has 0 spiro atoms. The van der Waals surface area contributed by atoms with Crippen molar-refractivity contribution in [3.8, 4) is 11.5 Å². The molecule has 0 unspecified atom stereocenters. The summed E-state index contributed by atoms with van der Waals surface area (Å²) in [6.07, 6.45) is 5.24. The first-order valence-electron chi connectivity index (χ1n) is 8.51. The molecule has 2 aliphatic heterocycles. The van der Waals surface area contributed by atoms with Gasteiger partial charge in [-0.2, -0.15) is 0 Å². The number of hydrogen-bond acceptors (Lipinski definition) is 4. The van der Waals surface area contributed by atoms with Crippen LogP contribution in [-0.2, 0) is 0 Å². The van der Waals surface area contributed by atoms with E-state index in [1.54, 1.807) is 6.07 Å². The zero-order valence-corrected chi connectivity index (χ0v) is 14.5. The van der Waals surface area contributed by atoms with Crippen molar-refractivity contribution in [3.63, 3.8) is 0 Å². The maximum atomic E-state index is 11.4. The summed E-state index contributed by atoms with van der Waals surface area (Å²) >= 11 is 6.43. The molecule has 3 aliphatic rings. The molecule has 0 amide bonds. The molecule has 2 aromatic carbocycles. The zero-order valence-electron chi connectivity index (χ0n) is 13.7. The predicted octanol–water partition coefficient (Wildman–Crippen LogP) is 4.59. The fourth-order valence-corrected chi connectivity index (χ4v) is 4.50. The van der Waals surface area contributed by atoms with Crippen molar-refractivity contribution >= 4 is 23.3 Å². The molecule has 2 aromatic rings. The SMILES string of the molecule is O=C(O)c1cc(Cl)c2c(c1)[C@@H]1C=CC[C@H]1[C@H](c1ccc3c(c1)OCO3)N2. The second kappa shape index (κ2) is 5.68. The Morgan fingerprint density at radius 3 is 2.88 bits per heavy atom. The average molecular weight is 370 g/mol. The van der Waals surface area contributed by atoms with E-state index < -0.39 is 5.97 Å². The fourth-order valence-electron chi connectivity index (χ4n) is 4.22. The molecule has 0 radical (unpaired) electrons. The minimum Gasteiger partial charge on any atom is -0.478 e. The highest BCUT2D eigenvalue weighted by atomic mass is 35.5. The lowest BCUT2D eigenvalue weighted by Crippen LogP contribution is -2.29. The van der Waals surface area contributed by atoms with Crippen LogP contribution in [0.15, 0.2) is 42.5 Å². The van der Waals surface area contributed by atoms with Gasteiger partial charge in [0.1, 0.15) is 0 Å². The van der Waals surface area contributed by atoms with Gasteiger partial charge in [0.2, 0.25) is 6.79 Å². The molecule has 0 saturated carbocycles. The molecular formula is C20H16ClNO4. The van der Waals surface area contributed by atoms with Crippen molar-refractivity contribution in [3.05, 3.63) is 64.2 Å². The van der Waals surface area contributed by atoms with Gasteiger partial charge in [0, 0.05) is 5.92 Å². The van der Waals surface area contributed by atoms with Gasteiger partial charge in [-0.1, -0.05) is 29.8 Å². The van der Waals surface area contributed by atoms with Crippen LogP contribution in [0.1, 0.15) is 39.9 Å². The van der Waals surface area contributed by atoms with Crippen molar-refractivity contribution in [2.45, 2.75) is 18.4 Å². The van der Waals surface area contributed by atoms with Crippen LogP contribution in [0.3, 0.4) is 0 Å². The Balaban J connectivity index is 1.60. The lowest BCUT2D eigenvalue weighted by molar-refractivity contribution is 0.0696. The number of nitrogens with one attached hydrogen (secondary N) is 1. The Hall–Kier alpha value is -2.66.